The van der Waals surface area contributed by atoms with E-state index in [1.807, 2.05) is 11.6 Å². The van der Waals surface area contributed by atoms with E-state index < -0.39 is 6.10 Å². The molecule has 1 aromatic rings. The van der Waals surface area contributed by atoms with Crippen LogP contribution in [-0.2, 0) is 7.05 Å². The first-order valence-corrected chi connectivity index (χ1v) is 5.63. The summed E-state index contributed by atoms with van der Waals surface area (Å²) in [6, 6.07) is 3.44. The number of aliphatic hydroxyl groups is 1. The third-order valence-electron chi connectivity index (χ3n) is 2.50. The molecule has 0 saturated carbocycles. The highest BCUT2D eigenvalue weighted by Gasteiger charge is 2.12. The second kappa shape index (κ2) is 5.46. The number of hydrazine groups is 1. The smallest absolute Gasteiger partial charge is 0.270 e. The monoisotopic (exact) mass is 250 g/mol. The van der Waals surface area contributed by atoms with Gasteiger partial charge in [0.1, 0.15) is 7.05 Å². The summed E-state index contributed by atoms with van der Waals surface area (Å²) in [6.45, 7) is 0.745. The largest absolute Gasteiger partial charge is 0.389 e. The van der Waals surface area contributed by atoms with Crippen molar-refractivity contribution in [1.29, 1.82) is 0 Å². The highest BCUT2D eigenvalue weighted by atomic mass is 16.3. The lowest BCUT2D eigenvalue weighted by molar-refractivity contribution is -0.671. The Labute approximate surface area is 105 Å². The molecule has 0 aromatic carbocycles. The predicted molar refractivity (Wildman–Crippen MR) is 64.5 cm³/mol. The number of aliphatic imine (C=N–C) groups is 1. The van der Waals surface area contributed by atoms with Crippen LogP contribution in [0.5, 0.6) is 0 Å². The maximum absolute atomic E-state index is 11.7. The van der Waals surface area contributed by atoms with Crippen molar-refractivity contribution in [2.75, 3.05) is 13.1 Å². The number of nitrogens with one attached hydrogen (secondary N) is 3. The normalized spacial score (nSPS) is 18.6. The average molecular weight is 250 g/mol. The van der Waals surface area contributed by atoms with E-state index in [0.717, 1.165) is 0 Å². The molecule has 0 saturated heterocycles. The van der Waals surface area contributed by atoms with Crippen molar-refractivity contribution >= 4 is 11.9 Å². The number of carbonyl (C=O) groups excluding carboxylic acids is 1. The second-order valence-corrected chi connectivity index (χ2v) is 4.06. The van der Waals surface area contributed by atoms with Crippen molar-refractivity contribution in [2.24, 2.45) is 12.0 Å². The third kappa shape index (κ3) is 3.17. The van der Waals surface area contributed by atoms with Crippen LogP contribution in [0.4, 0.5) is 0 Å². The van der Waals surface area contributed by atoms with Gasteiger partial charge in [0.25, 0.3) is 5.91 Å². The molecular weight excluding hydrogens is 234 g/mol. The number of β-amino-alcohol motifs (C(OH)–C–C–N with tert-alkyl or cyclic N) is 1. The Hall–Kier alpha value is -2.15. The summed E-state index contributed by atoms with van der Waals surface area (Å²) in [6.07, 6.45) is 3.11. The number of rotatable bonds is 1. The van der Waals surface area contributed by atoms with E-state index in [1.54, 1.807) is 24.5 Å². The molecule has 0 bridgehead atoms. The van der Waals surface area contributed by atoms with Gasteiger partial charge in [0.15, 0.2) is 12.4 Å². The third-order valence-corrected chi connectivity index (χ3v) is 2.50. The number of aryl methyl sites for hydroxylation is 1. The Morgan fingerprint density at radius 1 is 1.56 bits per heavy atom. The van der Waals surface area contributed by atoms with Gasteiger partial charge in [-0.15, -0.1) is 0 Å². The topological polar surface area (TPSA) is 89.6 Å². The quantitative estimate of drug-likeness (QED) is 0.345. The molecule has 2 heterocycles. The van der Waals surface area contributed by atoms with Crippen LogP contribution in [-0.4, -0.2) is 36.2 Å². The number of nitrogens with zero attached hydrogens (tertiary/aromatic N) is 2. The van der Waals surface area contributed by atoms with Gasteiger partial charge in [-0.2, -0.15) is 0 Å². The number of aliphatic hydroxyl groups excluding tert-OH is 1. The van der Waals surface area contributed by atoms with Crippen molar-refractivity contribution < 1.29 is 14.5 Å². The molecule has 0 spiro atoms. The molecule has 18 heavy (non-hydrogen) atoms. The molecule has 1 aliphatic rings. The lowest BCUT2D eigenvalue weighted by atomic mass is 10.2. The van der Waals surface area contributed by atoms with Crippen LogP contribution < -0.4 is 20.7 Å². The fourth-order valence-corrected chi connectivity index (χ4v) is 1.46. The zero-order valence-corrected chi connectivity index (χ0v) is 10.1. The van der Waals surface area contributed by atoms with E-state index in [4.69, 9.17) is 0 Å². The van der Waals surface area contributed by atoms with Crippen molar-refractivity contribution in [1.82, 2.24) is 16.2 Å². The molecule has 4 N–H and O–H groups in total. The van der Waals surface area contributed by atoms with E-state index in [0.29, 0.717) is 24.6 Å². The first-order chi connectivity index (χ1) is 8.65. The van der Waals surface area contributed by atoms with Crippen LogP contribution in [0.3, 0.4) is 0 Å². The summed E-state index contributed by atoms with van der Waals surface area (Å²) in [4.78, 5) is 15.8. The van der Waals surface area contributed by atoms with Crippen LogP contribution >= 0.6 is 0 Å². The maximum Gasteiger partial charge on any atom is 0.270 e. The van der Waals surface area contributed by atoms with Crippen molar-refractivity contribution in [3.8, 4) is 0 Å². The summed E-state index contributed by atoms with van der Waals surface area (Å²) in [5, 5.41) is 12.1. The van der Waals surface area contributed by atoms with Gasteiger partial charge in [-0.3, -0.25) is 15.6 Å². The Balaban J connectivity index is 1.87. The van der Waals surface area contributed by atoms with E-state index in [2.05, 4.69) is 21.2 Å². The summed E-state index contributed by atoms with van der Waals surface area (Å²) >= 11 is 0. The Morgan fingerprint density at radius 2 is 2.28 bits per heavy atom. The first kappa shape index (κ1) is 12.3. The van der Waals surface area contributed by atoms with Gasteiger partial charge in [-0.1, -0.05) is 0 Å². The standard InChI is InChI=1S/C11H15N5O2/c1-16-4-2-8(3-5-16)10(18)14-15-11-12-6-9(17)7-13-11/h2-5,9,17H,6-7H2,1H3,(H2,12,13,18)/p+1. The van der Waals surface area contributed by atoms with Gasteiger partial charge < -0.3 is 10.4 Å². The fraction of sp³-hybridized carbons (Fsp3) is 0.364. The Morgan fingerprint density at radius 3 is 2.89 bits per heavy atom. The molecule has 1 atom stereocenters. The lowest BCUT2D eigenvalue weighted by Gasteiger charge is -2.19. The summed E-state index contributed by atoms with van der Waals surface area (Å²) in [5.41, 5.74) is 5.76. The zero-order chi connectivity index (χ0) is 13.0. The van der Waals surface area contributed by atoms with Gasteiger partial charge in [0.05, 0.1) is 18.2 Å². The fourth-order valence-electron chi connectivity index (χ4n) is 1.46. The van der Waals surface area contributed by atoms with Gasteiger partial charge in [-0.05, 0) is 0 Å². The number of aromatic nitrogens is 1. The van der Waals surface area contributed by atoms with Crippen LogP contribution in [0.15, 0.2) is 29.5 Å². The number of hydrogen-bond acceptors (Lipinski definition) is 5. The van der Waals surface area contributed by atoms with Gasteiger partial charge in [0.2, 0.25) is 5.96 Å². The highest BCUT2D eigenvalue weighted by Crippen LogP contribution is 1.94. The molecule has 1 aliphatic heterocycles. The number of carbonyl (C=O) groups is 1. The molecule has 2 rings (SSSR count). The summed E-state index contributed by atoms with van der Waals surface area (Å²) in [5.74, 6) is 0.210. The van der Waals surface area contributed by atoms with E-state index in [1.165, 1.54) is 0 Å². The average Bonchev–Trinajstić information content (AvgIpc) is 2.38. The Kier molecular flexibility index (Phi) is 3.73. The molecule has 0 radical (unpaired) electrons. The minimum atomic E-state index is -0.472. The van der Waals surface area contributed by atoms with Gasteiger partial charge in [0, 0.05) is 18.7 Å². The van der Waals surface area contributed by atoms with Crippen molar-refractivity contribution in [2.45, 2.75) is 6.10 Å². The maximum atomic E-state index is 11.7. The zero-order valence-electron chi connectivity index (χ0n) is 10.1. The molecule has 7 nitrogen and oxygen atoms in total. The molecule has 0 aliphatic carbocycles. The predicted octanol–water partition coefficient (Wildman–Crippen LogP) is -1.93. The molecule has 0 fully saturated rings. The molecule has 96 valence electrons. The summed E-state index contributed by atoms with van der Waals surface area (Å²) in [7, 11) is 1.88. The first-order valence-electron chi connectivity index (χ1n) is 5.63. The lowest BCUT2D eigenvalue weighted by Crippen LogP contribution is -2.52. The number of hydrogen-bond donors (Lipinski definition) is 4. The minimum absolute atomic E-state index is 0.244. The molecule has 1 aromatic heterocycles. The number of amides is 1. The number of pyridine rings is 1. The highest BCUT2D eigenvalue weighted by molar-refractivity contribution is 5.95. The Bertz CT molecular complexity index is 457. The van der Waals surface area contributed by atoms with Gasteiger partial charge in [-0.25, -0.2) is 9.56 Å². The molecule has 7 heteroatoms. The minimum Gasteiger partial charge on any atom is -0.389 e. The van der Waals surface area contributed by atoms with Crippen LogP contribution in [0.25, 0.3) is 0 Å². The van der Waals surface area contributed by atoms with E-state index in [-0.39, 0.29) is 5.91 Å². The number of guanidine groups is 1. The van der Waals surface area contributed by atoms with Crippen molar-refractivity contribution in [3.63, 3.8) is 0 Å². The molecular formula is C11H16N5O2+. The van der Waals surface area contributed by atoms with Crippen LogP contribution in [0.1, 0.15) is 10.4 Å². The second-order valence-electron chi connectivity index (χ2n) is 4.06. The molecule has 1 unspecified atom stereocenters. The van der Waals surface area contributed by atoms with E-state index in [9.17, 15) is 9.90 Å². The van der Waals surface area contributed by atoms with Gasteiger partial charge >= 0.3 is 0 Å². The molecule has 1 amide bonds. The van der Waals surface area contributed by atoms with Crippen LogP contribution in [0.2, 0.25) is 0 Å². The van der Waals surface area contributed by atoms with Crippen molar-refractivity contribution in [3.05, 3.63) is 30.1 Å². The summed E-state index contributed by atoms with van der Waals surface area (Å²) < 4.78 is 1.85. The SMILES string of the molecule is C[n+]1ccc(C(=O)NNC2=NCC(O)CN2)cc1. The van der Waals surface area contributed by atoms with Crippen LogP contribution in [0, 0.1) is 0 Å². The van der Waals surface area contributed by atoms with E-state index >= 15 is 0 Å².